The van der Waals surface area contributed by atoms with Crippen molar-refractivity contribution in [3.05, 3.63) is 24.5 Å². The summed E-state index contributed by atoms with van der Waals surface area (Å²) in [7, 11) is 3.39. The van der Waals surface area contributed by atoms with Crippen molar-refractivity contribution >= 4 is 17.0 Å². The van der Waals surface area contributed by atoms with E-state index in [2.05, 4.69) is 32.2 Å². The maximum Gasteiger partial charge on any atom is 0.318 e. The summed E-state index contributed by atoms with van der Waals surface area (Å²) < 4.78 is 7.12. The third-order valence-corrected chi connectivity index (χ3v) is 3.25. The standard InChI is InChI=1S/C14H16N6O/c1-4-20-12(9-6-5-7-16-11(9)15-2)18-10-8-17-14(21-3)19-13(10)20/h5-8H,4H2,1-3H3,(H,15,16). The van der Waals surface area contributed by atoms with Crippen molar-refractivity contribution in [1.82, 2.24) is 24.5 Å². The van der Waals surface area contributed by atoms with Crippen LogP contribution in [0, 0.1) is 0 Å². The van der Waals surface area contributed by atoms with Gasteiger partial charge in [0.25, 0.3) is 0 Å². The summed E-state index contributed by atoms with van der Waals surface area (Å²) in [4.78, 5) is 17.5. The number of fused-ring (bicyclic) bond motifs is 1. The Kier molecular flexibility index (Phi) is 3.39. The fourth-order valence-corrected chi connectivity index (χ4v) is 2.29. The molecule has 7 nitrogen and oxygen atoms in total. The van der Waals surface area contributed by atoms with Crippen molar-refractivity contribution in [2.75, 3.05) is 19.5 Å². The minimum atomic E-state index is 0.337. The van der Waals surface area contributed by atoms with Gasteiger partial charge in [0, 0.05) is 19.8 Å². The summed E-state index contributed by atoms with van der Waals surface area (Å²) in [5.74, 6) is 1.59. The molecule has 0 aliphatic heterocycles. The fourth-order valence-electron chi connectivity index (χ4n) is 2.29. The Balaban J connectivity index is 2.27. The summed E-state index contributed by atoms with van der Waals surface area (Å²) >= 11 is 0. The first-order chi connectivity index (χ1) is 10.3. The topological polar surface area (TPSA) is 77.8 Å². The van der Waals surface area contributed by atoms with E-state index in [-0.39, 0.29) is 0 Å². The zero-order valence-electron chi connectivity index (χ0n) is 12.2. The lowest BCUT2D eigenvalue weighted by Crippen LogP contribution is -2.02. The molecule has 0 unspecified atom stereocenters. The normalized spacial score (nSPS) is 10.8. The van der Waals surface area contributed by atoms with Crippen LogP contribution in [0.4, 0.5) is 5.82 Å². The van der Waals surface area contributed by atoms with E-state index in [1.165, 1.54) is 0 Å². The van der Waals surface area contributed by atoms with Crippen molar-refractivity contribution in [3.8, 4) is 17.4 Å². The molecule has 0 bridgehead atoms. The molecule has 0 spiro atoms. The monoisotopic (exact) mass is 284 g/mol. The second-order valence-electron chi connectivity index (χ2n) is 4.39. The maximum atomic E-state index is 5.09. The Morgan fingerprint density at radius 3 is 2.86 bits per heavy atom. The van der Waals surface area contributed by atoms with Crippen molar-refractivity contribution in [1.29, 1.82) is 0 Å². The van der Waals surface area contributed by atoms with E-state index in [1.54, 1.807) is 19.5 Å². The van der Waals surface area contributed by atoms with E-state index < -0.39 is 0 Å². The van der Waals surface area contributed by atoms with E-state index >= 15 is 0 Å². The summed E-state index contributed by atoms with van der Waals surface area (Å²) in [5.41, 5.74) is 2.42. The molecule has 3 heterocycles. The molecule has 0 aliphatic rings. The van der Waals surface area contributed by atoms with Crippen LogP contribution < -0.4 is 10.1 Å². The number of anilines is 1. The van der Waals surface area contributed by atoms with Gasteiger partial charge in [-0.3, -0.25) is 0 Å². The third kappa shape index (κ3) is 2.16. The van der Waals surface area contributed by atoms with E-state index in [1.807, 2.05) is 23.7 Å². The predicted molar refractivity (Wildman–Crippen MR) is 80.3 cm³/mol. The summed E-state index contributed by atoms with van der Waals surface area (Å²) in [6.45, 7) is 2.79. The zero-order valence-corrected chi connectivity index (χ0v) is 12.2. The van der Waals surface area contributed by atoms with Crippen molar-refractivity contribution < 1.29 is 4.74 Å². The quantitative estimate of drug-likeness (QED) is 0.789. The number of methoxy groups -OCH3 is 1. The van der Waals surface area contributed by atoms with Crippen LogP contribution in [0.2, 0.25) is 0 Å². The first-order valence-corrected chi connectivity index (χ1v) is 6.68. The van der Waals surface area contributed by atoms with E-state index in [0.29, 0.717) is 6.01 Å². The van der Waals surface area contributed by atoms with Crippen LogP contribution in [0.1, 0.15) is 6.92 Å². The second kappa shape index (κ2) is 5.35. The molecule has 1 N–H and O–H groups in total. The number of aryl methyl sites for hydroxylation is 1. The Bertz CT molecular complexity index is 782. The smallest absolute Gasteiger partial charge is 0.318 e. The highest BCUT2D eigenvalue weighted by molar-refractivity contribution is 5.80. The highest BCUT2D eigenvalue weighted by atomic mass is 16.5. The highest BCUT2D eigenvalue weighted by Crippen LogP contribution is 2.28. The van der Waals surface area contributed by atoms with Crippen LogP contribution in [0.25, 0.3) is 22.6 Å². The van der Waals surface area contributed by atoms with Crippen LogP contribution in [-0.4, -0.2) is 38.7 Å². The lowest BCUT2D eigenvalue weighted by Gasteiger charge is -2.09. The Morgan fingerprint density at radius 1 is 1.29 bits per heavy atom. The molecular formula is C14H16N6O. The first kappa shape index (κ1) is 13.3. The number of imidazole rings is 1. The molecule has 3 rings (SSSR count). The van der Waals surface area contributed by atoms with Crippen molar-refractivity contribution in [2.45, 2.75) is 13.5 Å². The lowest BCUT2D eigenvalue weighted by atomic mass is 10.2. The number of nitrogens with one attached hydrogen (secondary N) is 1. The summed E-state index contributed by atoms with van der Waals surface area (Å²) in [6, 6.07) is 4.21. The molecule has 0 atom stereocenters. The van der Waals surface area contributed by atoms with Crippen LogP contribution >= 0.6 is 0 Å². The van der Waals surface area contributed by atoms with Gasteiger partial charge >= 0.3 is 6.01 Å². The van der Waals surface area contributed by atoms with Crippen LogP contribution in [0.15, 0.2) is 24.5 Å². The molecule has 7 heteroatoms. The van der Waals surface area contributed by atoms with Crippen LogP contribution in [-0.2, 0) is 6.54 Å². The molecule has 3 aromatic heterocycles. The van der Waals surface area contributed by atoms with Gasteiger partial charge in [-0.05, 0) is 19.1 Å². The van der Waals surface area contributed by atoms with E-state index in [4.69, 9.17) is 4.74 Å². The number of rotatable bonds is 4. The summed E-state index contributed by atoms with van der Waals surface area (Å²) in [5, 5.41) is 3.09. The third-order valence-electron chi connectivity index (χ3n) is 3.25. The minimum absolute atomic E-state index is 0.337. The largest absolute Gasteiger partial charge is 0.467 e. The molecule has 0 aromatic carbocycles. The number of ether oxygens (including phenoxy) is 1. The predicted octanol–water partition coefficient (Wildman–Crippen LogP) is 1.96. The molecule has 0 fully saturated rings. The van der Waals surface area contributed by atoms with Gasteiger partial charge in [-0.1, -0.05) is 0 Å². The fraction of sp³-hybridized carbons (Fsp3) is 0.286. The molecule has 108 valence electrons. The second-order valence-corrected chi connectivity index (χ2v) is 4.39. The molecular weight excluding hydrogens is 268 g/mol. The molecule has 0 saturated carbocycles. The van der Waals surface area contributed by atoms with E-state index in [9.17, 15) is 0 Å². The van der Waals surface area contributed by atoms with Crippen molar-refractivity contribution in [3.63, 3.8) is 0 Å². The number of hydrogen-bond donors (Lipinski definition) is 1. The number of hydrogen-bond acceptors (Lipinski definition) is 6. The average Bonchev–Trinajstić information content (AvgIpc) is 2.91. The van der Waals surface area contributed by atoms with Gasteiger partial charge in [0.15, 0.2) is 5.65 Å². The van der Waals surface area contributed by atoms with Gasteiger partial charge in [0.05, 0.1) is 18.9 Å². The zero-order chi connectivity index (χ0) is 14.8. The maximum absolute atomic E-state index is 5.09. The van der Waals surface area contributed by atoms with Crippen molar-refractivity contribution in [2.24, 2.45) is 0 Å². The minimum Gasteiger partial charge on any atom is -0.467 e. The SMILES string of the molecule is CCn1c(-c2cccnc2NC)nc2cnc(OC)nc21. The number of nitrogens with zero attached hydrogens (tertiary/aromatic N) is 5. The van der Waals surface area contributed by atoms with Gasteiger partial charge in [-0.2, -0.15) is 4.98 Å². The van der Waals surface area contributed by atoms with Gasteiger partial charge in [0.2, 0.25) is 0 Å². The van der Waals surface area contributed by atoms with E-state index in [0.717, 1.165) is 34.9 Å². The molecule has 0 radical (unpaired) electrons. The molecule has 21 heavy (non-hydrogen) atoms. The number of aromatic nitrogens is 5. The molecule has 3 aromatic rings. The van der Waals surface area contributed by atoms with Gasteiger partial charge in [0.1, 0.15) is 17.2 Å². The molecule has 0 saturated heterocycles. The van der Waals surface area contributed by atoms with Crippen LogP contribution in [0.3, 0.4) is 0 Å². The van der Waals surface area contributed by atoms with Gasteiger partial charge in [-0.25, -0.2) is 15.0 Å². The molecule has 0 aliphatic carbocycles. The van der Waals surface area contributed by atoms with Gasteiger partial charge < -0.3 is 14.6 Å². The Morgan fingerprint density at radius 2 is 2.14 bits per heavy atom. The highest BCUT2D eigenvalue weighted by Gasteiger charge is 2.16. The Labute approximate surface area is 122 Å². The van der Waals surface area contributed by atoms with Gasteiger partial charge in [-0.15, -0.1) is 0 Å². The average molecular weight is 284 g/mol. The Hall–Kier alpha value is -2.70. The lowest BCUT2D eigenvalue weighted by molar-refractivity contribution is 0.381. The summed E-state index contributed by atoms with van der Waals surface area (Å²) in [6.07, 6.45) is 3.42. The molecule has 0 amide bonds. The van der Waals surface area contributed by atoms with Crippen LogP contribution in [0.5, 0.6) is 6.01 Å². The first-order valence-electron chi connectivity index (χ1n) is 6.68. The number of pyridine rings is 1.